The predicted octanol–water partition coefficient (Wildman–Crippen LogP) is 6.27. The Morgan fingerprint density at radius 1 is 1.05 bits per heavy atom. The van der Waals surface area contributed by atoms with Crippen LogP contribution in [0.3, 0.4) is 0 Å². The summed E-state index contributed by atoms with van der Waals surface area (Å²) in [7, 11) is 1.48. The van der Waals surface area contributed by atoms with Crippen molar-refractivity contribution in [1.82, 2.24) is 20.0 Å². The molecule has 3 aliphatic rings. The number of carbonyl (C=O) groups is 2. The molecule has 0 radical (unpaired) electrons. The van der Waals surface area contributed by atoms with Crippen LogP contribution >= 0.6 is 0 Å². The van der Waals surface area contributed by atoms with E-state index in [4.69, 9.17) is 0 Å². The van der Waals surface area contributed by atoms with Crippen LogP contribution in [0.4, 0.5) is 26.7 Å². The van der Waals surface area contributed by atoms with Crippen molar-refractivity contribution >= 4 is 11.9 Å². The highest BCUT2D eigenvalue weighted by Crippen LogP contribution is 2.50. The van der Waals surface area contributed by atoms with E-state index in [2.05, 4.69) is 5.32 Å². The van der Waals surface area contributed by atoms with Gasteiger partial charge in [0.25, 0.3) is 5.92 Å². The van der Waals surface area contributed by atoms with Crippen molar-refractivity contribution in [3.8, 4) is 0 Å². The van der Waals surface area contributed by atoms with Gasteiger partial charge in [0.05, 0.1) is 29.1 Å². The van der Waals surface area contributed by atoms with Crippen LogP contribution in [0.1, 0.15) is 73.0 Å². The number of halogens is 5. The third-order valence-electron chi connectivity index (χ3n) is 9.46. The number of carbonyl (C=O) groups excluding carboxylic acids is 2. The number of fused-ring (bicyclic) bond motifs is 1. The van der Waals surface area contributed by atoms with Crippen molar-refractivity contribution in [3.05, 3.63) is 70.3 Å². The maximum Gasteiger partial charge on any atom is 0.416 e. The van der Waals surface area contributed by atoms with Crippen LogP contribution in [0.5, 0.6) is 0 Å². The summed E-state index contributed by atoms with van der Waals surface area (Å²) in [6.45, 7) is 6.13. The zero-order valence-electron chi connectivity index (χ0n) is 24.3. The monoisotopic (exact) mass is 592 g/mol. The molecule has 2 aromatic rings. The van der Waals surface area contributed by atoms with E-state index in [1.54, 1.807) is 4.90 Å². The molecule has 0 aromatic heterocycles. The Morgan fingerprint density at radius 3 is 2.31 bits per heavy atom. The molecule has 3 saturated heterocycles. The number of rotatable bonds is 4. The molecule has 3 fully saturated rings. The lowest BCUT2D eigenvalue weighted by atomic mass is 9.75. The highest BCUT2D eigenvalue weighted by Gasteiger charge is 2.57. The lowest BCUT2D eigenvalue weighted by Crippen LogP contribution is -2.57. The van der Waals surface area contributed by atoms with Crippen molar-refractivity contribution < 1.29 is 31.5 Å². The molecule has 11 heteroatoms. The molecule has 5 rings (SSSR count). The second-order valence-electron chi connectivity index (χ2n) is 12.1. The molecule has 3 heterocycles. The number of piperidine rings is 1. The van der Waals surface area contributed by atoms with Gasteiger partial charge in [0.15, 0.2) is 0 Å². The van der Waals surface area contributed by atoms with Crippen molar-refractivity contribution in [3.63, 3.8) is 0 Å². The van der Waals surface area contributed by atoms with E-state index in [9.17, 15) is 31.5 Å². The number of alkyl halides is 5. The van der Waals surface area contributed by atoms with Crippen molar-refractivity contribution in [2.45, 2.75) is 70.3 Å². The second kappa shape index (κ2) is 10.8. The number of urea groups is 1. The van der Waals surface area contributed by atoms with Crippen LogP contribution in [0.25, 0.3) is 0 Å². The Labute approximate surface area is 242 Å². The van der Waals surface area contributed by atoms with E-state index >= 15 is 0 Å². The normalized spacial score (nSPS) is 23.2. The zero-order valence-corrected chi connectivity index (χ0v) is 24.3. The quantitative estimate of drug-likeness (QED) is 0.426. The molecular formula is C31H37F5N4O2. The number of hydrogen-bond donors (Lipinski definition) is 1. The van der Waals surface area contributed by atoms with E-state index in [1.807, 2.05) is 36.1 Å². The smallest absolute Gasteiger partial charge is 0.335 e. The maximum absolute atomic E-state index is 14.2. The molecule has 1 spiro atoms. The van der Waals surface area contributed by atoms with Crippen LogP contribution in [0, 0.1) is 12.3 Å². The lowest BCUT2D eigenvalue weighted by molar-refractivity contribution is -0.140. The van der Waals surface area contributed by atoms with Gasteiger partial charge in [-0.05, 0) is 81.1 Å². The topological polar surface area (TPSA) is 55.9 Å². The minimum absolute atomic E-state index is 0.0343. The highest BCUT2D eigenvalue weighted by atomic mass is 19.4. The zero-order chi connectivity index (χ0) is 30.6. The van der Waals surface area contributed by atoms with E-state index in [-0.39, 0.29) is 24.1 Å². The van der Waals surface area contributed by atoms with Crippen LogP contribution in [0.2, 0.25) is 0 Å². The third kappa shape index (κ3) is 5.36. The average Bonchev–Trinajstić information content (AvgIpc) is 3.21. The molecule has 42 heavy (non-hydrogen) atoms. The third-order valence-corrected chi connectivity index (χ3v) is 9.46. The second-order valence-corrected chi connectivity index (χ2v) is 12.1. The Balaban J connectivity index is 1.50. The SMILES string of the molecule is Cc1ccccc1[C@H]1[C@@H]2CC3(CCNCC3)C(=O)N2CCN1C(=O)N(C)[C@H](C)c1cc(C(C)(F)F)cc(C(F)(F)F)c1. The molecular weight excluding hydrogens is 555 g/mol. The summed E-state index contributed by atoms with van der Waals surface area (Å²) < 4.78 is 69.4. The van der Waals surface area contributed by atoms with Gasteiger partial charge < -0.3 is 20.0 Å². The standard InChI is InChI=1S/C31H37F5N4O2/c1-19-7-5-6-8-24(19)26-25-18-30(9-11-37-12-10-30)27(41)39(25)13-14-40(26)28(42)38(4)20(2)21-15-22(29(3,32)33)17-23(16-21)31(34,35)36/h5-8,15-17,20,25-26,37H,9-14,18H2,1-4H3/t20-,25+,26+/m1/s1. The van der Waals surface area contributed by atoms with Crippen LogP contribution in [-0.2, 0) is 16.9 Å². The summed E-state index contributed by atoms with van der Waals surface area (Å²) in [5, 5.41) is 3.33. The van der Waals surface area contributed by atoms with Gasteiger partial charge >= 0.3 is 12.2 Å². The number of benzene rings is 2. The fraction of sp³-hybridized carbons (Fsp3) is 0.548. The molecule has 2 aromatic carbocycles. The predicted molar refractivity (Wildman–Crippen MR) is 148 cm³/mol. The summed E-state index contributed by atoms with van der Waals surface area (Å²) in [6, 6.07) is 7.95. The molecule has 0 unspecified atom stereocenters. The van der Waals surface area contributed by atoms with Gasteiger partial charge in [-0.1, -0.05) is 24.3 Å². The molecule has 1 N–H and O–H groups in total. The van der Waals surface area contributed by atoms with Crippen molar-refractivity contribution in [2.75, 3.05) is 33.2 Å². The summed E-state index contributed by atoms with van der Waals surface area (Å²) in [5.74, 6) is -3.37. The van der Waals surface area contributed by atoms with Gasteiger partial charge in [0.1, 0.15) is 0 Å². The first-order chi connectivity index (χ1) is 19.6. The van der Waals surface area contributed by atoms with Crippen molar-refractivity contribution in [2.24, 2.45) is 5.41 Å². The number of piperazine rings is 1. The molecule has 3 amide bonds. The first kappa shape index (κ1) is 30.3. The van der Waals surface area contributed by atoms with Crippen LogP contribution in [0.15, 0.2) is 42.5 Å². The number of hydrogen-bond acceptors (Lipinski definition) is 3. The van der Waals surface area contributed by atoms with E-state index in [1.165, 1.54) is 18.9 Å². The van der Waals surface area contributed by atoms with Crippen LogP contribution in [-0.4, -0.2) is 65.9 Å². The number of amides is 3. The van der Waals surface area contributed by atoms with Crippen LogP contribution < -0.4 is 5.32 Å². The molecule has 0 bridgehead atoms. The Bertz CT molecular complexity index is 1320. The lowest BCUT2D eigenvalue weighted by Gasteiger charge is -2.47. The average molecular weight is 593 g/mol. The fourth-order valence-electron chi connectivity index (χ4n) is 6.90. The van der Waals surface area contributed by atoms with Gasteiger partial charge in [-0.2, -0.15) is 13.2 Å². The van der Waals surface area contributed by atoms with Crippen molar-refractivity contribution in [1.29, 1.82) is 0 Å². The van der Waals surface area contributed by atoms with Gasteiger partial charge in [-0.15, -0.1) is 0 Å². The van der Waals surface area contributed by atoms with E-state index in [0.29, 0.717) is 26.0 Å². The van der Waals surface area contributed by atoms with Gasteiger partial charge in [0, 0.05) is 32.6 Å². The molecule has 3 aliphatic heterocycles. The molecule has 3 atom stereocenters. The van der Waals surface area contributed by atoms with E-state index in [0.717, 1.165) is 49.2 Å². The van der Waals surface area contributed by atoms with Gasteiger partial charge in [0.2, 0.25) is 5.91 Å². The molecule has 228 valence electrons. The largest absolute Gasteiger partial charge is 0.416 e. The first-order valence-corrected chi connectivity index (χ1v) is 14.4. The summed E-state index contributed by atoms with van der Waals surface area (Å²) in [5.41, 5.74) is -0.588. The summed E-state index contributed by atoms with van der Waals surface area (Å²) in [4.78, 5) is 32.8. The number of nitrogens with one attached hydrogen (secondary N) is 1. The Kier molecular flexibility index (Phi) is 7.79. The fourth-order valence-corrected chi connectivity index (χ4v) is 6.90. The Hall–Kier alpha value is -3.21. The Morgan fingerprint density at radius 2 is 1.69 bits per heavy atom. The van der Waals surface area contributed by atoms with Gasteiger partial charge in [-0.3, -0.25) is 4.79 Å². The highest BCUT2D eigenvalue weighted by molar-refractivity contribution is 5.86. The maximum atomic E-state index is 14.2. The summed E-state index contributed by atoms with van der Waals surface area (Å²) >= 11 is 0. The minimum Gasteiger partial charge on any atom is -0.335 e. The van der Waals surface area contributed by atoms with Gasteiger partial charge in [-0.25, -0.2) is 13.6 Å². The number of aryl methyl sites for hydroxylation is 1. The summed E-state index contributed by atoms with van der Waals surface area (Å²) in [6.07, 6.45) is -2.77. The molecule has 0 aliphatic carbocycles. The first-order valence-electron chi connectivity index (χ1n) is 14.4. The molecule has 6 nitrogen and oxygen atoms in total. The molecule has 0 saturated carbocycles. The van der Waals surface area contributed by atoms with E-state index < -0.39 is 46.8 Å². The number of nitrogens with zero attached hydrogens (tertiary/aromatic N) is 3. The minimum atomic E-state index is -4.83.